The maximum Gasteiger partial charge on any atom is 0.274 e. The zero-order chi connectivity index (χ0) is 10.7. The predicted molar refractivity (Wildman–Crippen MR) is 53.7 cm³/mol. The van der Waals surface area contributed by atoms with Gasteiger partial charge in [0, 0.05) is 38.6 Å². The molecule has 0 saturated carbocycles. The molecule has 0 radical (unpaired) electrons. The number of hydrogen-bond acceptors (Lipinski definition) is 5. The molecule has 0 aliphatic carbocycles. The predicted octanol–water partition coefficient (Wildman–Crippen LogP) is -0.892. The first-order valence-corrected chi connectivity index (χ1v) is 4.82. The zero-order valence-electron chi connectivity index (χ0n) is 8.33. The Hall–Kier alpha value is -1.53. The number of carbonyl (C=O) groups excluding carboxylic acids is 1. The first-order valence-electron chi connectivity index (χ1n) is 4.82. The van der Waals surface area contributed by atoms with Gasteiger partial charge in [-0.15, -0.1) is 0 Å². The minimum atomic E-state index is -0.0730. The Morgan fingerprint density at radius 1 is 1.27 bits per heavy atom. The second-order valence-corrected chi connectivity index (χ2v) is 3.42. The summed E-state index contributed by atoms with van der Waals surface area (Å²) in [5.74, 6) is 5.53. The fourth-order valence-corrected chi connectivity index (χ4v) is 1.50. The Morgan fingerprint density at radius 3 is 2.60 bits per heavy atom. The Balaban J connectivity index is 2.03. The van der Waals surface area contributed by atoms with Crippen LogP contribution < -0.4 is 5.84 Å². The van der Waals surface area contributed by atoms with Crippen LogP contribution in [-0.4, -0.2) is 52.0 Å². The summed E-state index contributed by atoms with van der Waals surface area (Å²) in [7, 11) is 0. The Labute approximate surface area is 87.7 Å². The Bertz CT molecular complexity index is 334. The summed E-state index contributed by atoms with van der Waals surface area (Å²) in [4.78, 5) is 21.5. The van der Waals surface area contributed by atoms with E-state index in [1.165, 1.54) is 12.4 Å². The van der Waals surface area contributed by atoms with Crippen LogP contribution in [0, 0.1) is 0 Å². The van der Waals surface area contributed by atoms with Crippen molar-refractivity contribution in [2.75, 3.05) is 26.2 Å². The topological polar surface area (TPSA) is 75.3 Å². The van der Waals surface area contributed by atoms with Crippen molar-refractivity contribution in [3.8, 4) is 0 Å². The Morgan fingerprint density at radius 2 is 2.00 bits per heavy atom. The molecule has 0 spiro atoms. The van der Waals surface area contributed by atoms with E-state index in [2.05, 4.69) is 9.97 Å². The molecule has 2 N–H and O–H groups in total. The molecule has 1 saturated heterocycles. The molecule has 1 fully saturated rings. The van der Waals surface area contributed by atoms with Gasteiger partial charge in [0.2, 0.25) is 0 Å². The molecule has 80 valence electrons. The van der Waals surface area contributed by atoms with E-state index in [-0.39, 0.29) is 5.91 Å². The first-order chi connectivity index (χ1) is 7.27. The quantitative estimate of drug-likeness (QED) is 0.604. The largest absolute Gasteiger partial charge is 0.335 e. The Kier molecular flexibility index (Phi) is 2.89. The van der Waals surface area contributed by atoms with Gasteiger partial charge >= 0.3 is 0 Å². The number of rotatable bonds is 1. The van der Waals surface area contributed by atoms with Crippen LogP contribution in [-0.2, 0) is 0 Å². The van der Waals surface area contributed by atoms with Gasteiger partial charge in [0.15, 0.2) is 0 Å². The highest BCUT2D eigenvalue weighted by Gasteiger charge is 2.21. The van der Waals surface area contributed by atoms with Gasteiger partial charge in [-0.3, -0.25) is 15.6 Å². The van der Waals surface area contributed by atoms with Crippen molar-refractivity contribution in [1.82, 2.24) is 19.9 Å². The van der Waals surface area contributed by atoms with Crippen LogP contribution in [0.25, 0.3) is 0 Å². The van der Waals surface area contributed by atoms with E-state index in [4.69, 9.17) is 5.84 Å². The number of hydrogen-bond donors (Lipinski definition) is 1. The molecular formula is C9H13N5O. The molecular weight excluding hydrogens is 194 g/mol. The number of piperazine rings is 1. The molecule has 15 heavy (non-hydrogen) atoms. The van der Waals surface area contributed by atoms with Crippen molar-refractivity contribution in [2.45, 2.75) is 0 Å². The molecule has 1 aromatic heterocycles. The summed E-state index contributed by atoms with van der Waals surface area (Å²) in [6.07, 6.45) is 4.55. The van der Waals surface area contributed by atoms with Gasteiger partial charge < -0.3 is 4.90 Å². The van der Waals surface area contributed by atoms with E-state index in [1.807, 2.05) is 0 Å². The number of nitrogens with two attached hydrogens (primary N) is 1. The fourth-order valence-electron chi connectivity index (χ4n) is 1.50. The normalized spacial score (nSPS) is 17.8. The van der Waals surface area contributed by atoms with E-state index in [0.29, 0.717) is 31.9 Å². The molecule has 2 heterocycles. The highest BCUT2D eigenvalue weighted by atomic mass is 16.2. The lowest BCUT2D eigenvalue weighted by atomic mass is 10.3. The summed E-state index contributed by atoms with van der Waals surface area (Å²) < 4.78 is 0. The average molecular weight is 207 g/mol. The average Bonchev–Trinajstić information content (AvgIpc) is 2.30. The van der Waals surface area contributed by atoms with Crippen LogP contribution in [0.4, 0.5) is 0 Å². The number of carbonyl (C=O) groups is 1. The van der Waals surface area contributed by atoms with E-state index < -0.39 is 0 Å². The van der Waals surface area contributed by atoms with Gasteiger partial charge in [0.1, 0.15) is 5.69 Å². The lowest BCUT2D eigenvalue weighted by Crippen LogP contribution is -2.51. The van der Waals surface area contributed by atoms with Crippen molar-refractivity contribution >= 4 is 5.91 Å². The third-order valence-corrected chi connectivity index (χ3v) is 2.38. The van der Waals surface area contributed by atoms with Gasteiger partial charge in [0.05, 0.1) is 6.20 Å². The van der Waals surface area contributed by atoms with E-state index >= 15 is 0 Å². The van der Waals surface area contributed by atoms with Crippen LogP contribution in [0.15, 0.2) is 18.6 Å². The van der Waals surface area contributed by atoms with E-state index in [9.17, 15) is 4.79 Å². The van der Waals surface area contributed by atoms with Crippen molar-refractivity contribution in [3.63, 3.8) is 0 Å². The lowest BCUT2D eigenvalue weighted by molar-refractivity contribution is 0.0631. The smallest absolute Gasteiger partial charge is 0.274 e. The number of hydrazine groups is 1. The molecule has 0 atom stereocenters. The van der Waals surface area contributed by atoms with Crippen molar-refractivity contribution in [3.05, 3.63) is 24.3 Å². The van der Waals surface area contributed by atoms with Crippen LogP contribution >= 0.6 is 0 Å². The van der Waals surface area contributed by atoms with E-state index in [0.717, 1.165) is 0 Å². The van der Waals surface area contributed by atoms with Crippen LogP contribution in [0.1, 0.15) is 10.5 Å². The third kappa shape index (κ3) is 2.28. The highest BCUT2D eigenvalue weighted by molar-refractivity contribution is 5.92. The molecule has 0 unspecified atom stereocenters. The first kappa shape index (κ1) is 10.0. The molecule has 2 rings (SSSR count). The molecule has 1 aromatic rings. The molecule has 0 aromatic carbocycles. The van der Waals surface area contributed by atoms with E-state index in [1.54, 1.807) is 16.1 Å². The second kappa shape index (κ2) is 4.33. The minimum absolute atomic E-state index is 0.0730. The third-order valence-electron chi connectivity index (χ3n) is 2.38. The molecule has 1 amide bonds. The minimum Gasteiger partial charge on any atom is -0.335 e. The molecule has 6 heteroatoms. The monoisotopic (exact) mass is 207 g/mol. The summed E-state index contributed by atoms with van der Waals surface area (Å²) in [5, 5.41) is 1.71. The van der Waals surface area contributed by atoms with Gasteiger partial charge in [-0.1, -0.05) is 0 Å². The summed E-state index contributed by atoms with van der Waals surface area (Å²) in [5.41, 5.74) is 0.392. The summed E-state index contributed by atoms with van der Waals surface area (Å²) in [6, 6.07) is 0. The molecule has 1 aliphatic rings. The maximum absolute atomic E-state index is 11.9. The van der Waals surface area contributed by atoms with Gasteiger partial charge in [-0.25, -0.2) is 9.99 Å². The number of aromatic nitrogens is 2. The van der Waals surface area contributed by atoms with Gasteiger partial charge in [0.25, 0.3) is 5.91 Å². The fraction of sp³-hybridized carbons (Fsp3) is 0.444. The zero-order valence-corrected chi connectivity index (χ0v) is 8.33. The second-order valence-electron chi connectivity index (χ2n) is 3.42. The van der Waals surface area contributed by atoms with Crippen molar-refractivity contribution in [1.29, 1.82) is 0 Å². The lowest BCUT2D eigenvalue weighted by Gasteiger charge is -2.31. The summed E-state index contributed by atoms with van der Waals surface area (Å²) in [6.45, 7) is 2.69. The van der Waals surface area contributed by atoms with Crippen LogP contribution in [0.3, 0.4) is 0 Å². The van der Waals surface area contributed by atoms with Crippen molar-refractivity contribution < 1.29 is 4.79 Å². The van der Waals surface area contributed by atoms with Gasteiger partial charge in [-0.05, 0) is 0 Å². The highest BCUT2D eigenvalue weighted by Crippen LogP contribution is 2.03. The summed E-state index contributed by atoms with van der Waals surface area (Å²) >= 11 is 0. The van der Waals surface area contributed by atoms with Gasteiger partial charge in [-0.2, -0.15) is 0 Å². The van der Waals surface area contributed by atoms with Crippen LogP contribution in [0.2, 0.25) is 0 Å². The molecule has 0 bridgehead atoms. The molecule has 6 nitrogen and oxygen atoms in total. The number of nitrogens with zero attached hydrogens (tertiary/aromatic N) is 4. The standard InChI is InChI=1S/C9H13N5O/c10-14-5-3-13(4-6-14)9(15)8-7-11-1-2-12-8/h1-2,7H,3-6,10H2. The molecule has 1 aliphatic heterocycles. The van der Waals surface area contributed by atoms with Crippen LogP contribution in [0.5, 0.6) is 0 Å². The SMILES string of the molecule is NN1CCN(C(=O)c2cnccn2)CC1. The maximum atomic E-state index is 11.9. The number of amides is 1. The van der Waals surface area contributed by atoms with Crippen molar-refractivity contribution in [2.24, 2.45) is 5.84 Å².